The summed E-state index contributed by atoms with van der Waals surface area (Å²) in [6.07, 6.45) is 2.73. The average Bonchev–Trinajstić information content (AvgIpc) is 4.01. The van der Waals surface area contributed by atoms with Crippen LogP contribution in [0.3, 0.4) is 0 Å². The van der Waals surface area contributed by atoms with Crippen molar-refractivity contribution in [3.63, 3.8) is 0 Å². The molecule has 0 spiro atoms. The van der Waals surface area contributed by atoms with E-state index in [0.29, 0.717) is 61.3 Å². The third-order valence-electron chi connectivity index (χ3n) is 12.2. The first kappa shape index (κ1) is 42.4. The van der Waals surface area contributed by atoms with Crippen molar-refractivity contribution in [2.24, 2.45) is 0 Å². The van der Waals surface area contributed by atoms with Crippen LogP contribution in [0.25, 0.3) is 11.1 Å². The average molecular weight is 829 g/mol. The predicted octanol–water partition coefficient (Wildman–Crippen LogP) is 7.43. The van der Waals surface area contributed by atoms with Crippen molar-refractivity contribution in [3.05, 3.63) is 119 Å². The van der Waals surface area contributed by atoms with Crippen LogP contribution >= 0.6 is 0 Å². The summed E-state index contributed by atoms with van der Waals surface area (Å²) >= 11 is 0. The van der Waals surface area contributed by atoms with Gasteiger partial charge in [0.15, 0.2) is 0 Å². The molecule has 4 atom stereocenters. The van der Waals surface area contributed by atoms with Crippen molar-refractivity contribution < 1.29 is 39.0 Å². The number of likely N-dealkylation sites (tertiary alicyclic amines) is 2. The number of fused-ring (bicyclic) bond motifs is 3. The van der Waals surface area contributed by atoms with E-state index in [1.165, 1.54) is 9.80 Å². The third-order valence-corrected chi connectivity index (χ3v) is 12.2. The second-order valence-corrected chi connectivity index (χ2v) is 16.0. The van der Waals surface area contributed by atoms with Crippen LogP contribution in [0.4, 0.5) is 21.0 Å². The molecule has 14 nitrogen and oxygen atoms in total. The molecule has 0 radical (unpaired) electrons. The van der Waals surface area contributed by atoms with Crippen LogP contribution in [0.1, 0.15) is 99.6 Å². The third kappa shape index (κ3) is 8.66. The Hall–Kier alpha value is -6.70. The molecule has 61 heavy (non-hydrogen) atoms. The van der Waals surface area contributed by atoms with Crippen molar-refractivity contribution in [3.8, 4) is 11.1 Å². The minimum atomic E-state index is -1.34. The lowest BCUT2D eigenvalue weighted by Crippen LogP contribution is -2.48. The fourth-order valence-corrected chi connectivity index (χ4v) is 9.67. The Balaban J connectivity index is 1.11. The fourth-order valence-electron chi connectivity index (χ4n) is 9.67. The number of nitrogens with one attached hydrogen (secondary N) is 4. The second-order valence-electron chi connectivity index (χ2n) is 16.0. The summed E-state index contributed by atoms with van der Waals surface area (Å²) < 4.78 is 0. The summed E-state index contributed by atoms with van der Waals surface area (Å²) in [4.78, 5) is 82.0. The molecule has 2 unspecified atom stereocenters. The van der Waals surface area contributed by atoms with Gasteiger partial charge in [-0.2, -0.15) is 0 Å². The molecule has 2 aliphatic heterocycles. The quantitative estimate of drug-likeness (QED) is 0.0754. The highest BCUT2D eigenvalue weighted by Crippen LogP contribution is 2.55. The number of carbonyl (C=O) groups is 6. The van der Waals surface area contributed by atoms with E-state index in [2.05, 4.69) is 35.1 Å². The van der Waals surface area contributed by atoms with E-state index < -0.39 is 53.6 Å². The zero-order valence-corrected chi connectivity index (χ0v) is 34.4. The smallest absolute Gasteiger partial charge is 0.405 e. The maximum atomic E-state index is 14.0. The molecule has 0 bridgehead atoms. The molecule has 6 N–H and O–H groups in total. The maximum Gasteiger partial charge on any atom is 0.405 e. The monoisotopic (exact) mass is 828 g/mol. The van der Waals surface area contributed by atoms with E-state index in [9.17, 15) is 39.0 Å². The van der Waals surface area contributed by atoms with Crippen LogP contribution < -0.4 is 21.3 Å². The van der Waals surface area contributed by atoms with Crippen LogP contribution in [-0.4, -0.2) is 81.0 Å². The first-order valence-corrected chi connectivity index (χ1v) is 21.1. The molecule has 14 heteroatoms. The van der Waals surface area contributed by atoms with Crippen molar-refractivity contribution in [1.82, 2.24) is 20.4 Å². The number of carbonyl (C=O) groups excluding carboxylic acids is 4. The number of carboxylic acid groups (broad SMARTS) is 2. The van der Waals surface area contributed by atoms with Crippen LogP contribution in [-0.2, 0) is 24.6 Å². The molecule has 0 aromatic heterocycles. The minimum absolute atomic E-state index is 0.321. The normalized spacial score (nSPS) is 18.3. The van der Waals surface area contributed by atoms with Crippen LogP contribution in [0.5, 0.6) is 0 Å². The number of hydrogen-bond acceptors (Lipinski definition) is 6. The maximum absolute atomic E-state index is 14.0. The van der Waals surface area contributed by atoms with Crippen molar-refractivity contribution in [1.29, 1.82) is 0 Å². The van der Waals surface area contributed by atoms with Crippen LogP contribution in [0.15, 0.2) is 97.1 Å². The van der Waals surface area contributed by atoms with Gasteiger partial charge in [0.1, 0.15) is 24.2 Å². The van der Waals surface area contributed by atoms with E-state index in [1.807, 2.05) is 36.4 Å². The molecule has 1 aliphatic carbocycles. The van der Waals surface area contributed by atoms with E-state index in [-0.39, 0.29) is 11.8 Å². The van der Waals surface area contributed by atoms with Crippen molar-refractivity contribution in [2.75, 3.05) is 23.7 Å². The van der Waals surface area contributed by atoms with Crippen molar-refractivity contribution in [2.45, 2.75) is 94.8 Å². The Morgan fingerprint density at radius 3 is 1.36 bits per heavy atom. The minimum Gasteiger partial charge on any atom is -0.465 e. The van der Waals surface area contributed by atoms with Gasteiger partial charge in [0.25, 0.3) is 11.8 Å². The standard InChI is InChI=1S/C47H52N6O8/c1-3-23-47(24-4-2)35-27-31(48-41(54)37-17-11-25-52(37)43(56)39(50-45(58)59)29-13-7-5-8-14-29)19-21-33(35)34-22-20-32(28-36(34)47)49-42(55)38-18-12-26-53(38)44(57)40(51-46(60)61)30-15-9-6-10-16-30/h5-10,13-16,19-22,27-28,37-40,50-51H,3-4,11-12,17-18,23-26H2,1-2H3,(H,48,54)(H,49,55)(H,58,59)(H,60,61)/t37-,38-,39?,40?/m0/s1. The summed E-state index contributed by atoms with van der Waals surface area (Å²) in [5.74, 6) is -1.67. The van der Waals surface area contributed by atoms with Gasteiger partial charge >= 0.3 is 12.2 Å². The summed E-state index contributed by atoms with van der Waals surface area (Å²) in [7, 11) is 0. The van der Waals surface area contributed by atoms with Gasteiger partial charge in [-0.05, 0) is 96.2 Å². The highest BCUT2D eigenvalue weighted by molar-refractivity contribution is 6.01. The topological polar surface area (TPSA) is 197 Å². The predicted molar refractivity (Wildman–Crippen MR) is 230 cm³/mol. The molecule has 2 saturated heterocycles. The van der Waals surface area contributed by atoms with Crippen molar-refractivity contribution >= 4 is 47.2 Å². The van der Waals surface area contributed by atoms with E-state index in [0.717, 1.165) is 47.9 Å². The molecule has 2 fully saturated rings. The molecular weight excluding hydrogens is 777 g/mol. The SMILES string of the molecule is CCCC1(CCC)c2cc(NC(=O)[C@@H]3CCCN3C(=O)C(NC(=O)O)c3ccccc3)ccc2-c2ccc(NC(=O)[C@@H]3CCCN3C(=O)C(NC(=O)O)c3ccccc3)cc21. The number of nitrogens with zero attached hydrogens (tertiary/aromatic N) is 2. The Kier molecular flexibility index (Phi) is 12.7. The molecule has 3 aliphatic rings. The molecule has 2 heterocycles. The molecule has 6 amide bonds. The summed E-state index contributed by atoms with van der Waals surface area (Å²) in [5, 5.41) is 29.9. The van der Waals surface area contributed by atoms with E-state index in [4.69, 9.17) is 0 Å². The highest BCUT2D eigenvalue weighted by Gasteiger charge is 2.44. The Labute approximate surface area is 354 Å². The number of benzene rings is 4. The molecule has 4 aromatic rings. The molecular formula is C47H52N6O8. The van der Waals surface area contributed by atoms with Gasteiger partial charge in [-0.1, -0.05) is 99.5 Å². The van der Waals surface area contributed by atoms with E-state index in [1.54, 1.807) is 60.7 Å². The fraction of sp³-hybridized carbons (Fsp3) is 0.362. The number of amides is 6. The lowest BCUT2D eigenvalue weighted by molar-refractivity contribution is -0.138. The van der Waals surface area contributed by atoms with Gasteiger partial charge in [-0.3, -0.25) is 19.2 Å². The summed E-state index contributed by atoms with van der Waals surface area (Å²) in [6.45, 7) is 4.91. The molecule has 7 rings (SSSR count). The van der Waals surface area contributed by atoms with Crippen LogP contribution in [0, 0.1) is 0 Å². The zero-order chi connectivity index (χ0) is 43.3. The van der Waals surface area contributed by atoms with E-state index >= 15 is 0 Å². The lowest BCUT2D eigenvalue weighted by atomic mass is 9.71. The highest BCUT2D eigenvalue weighted by atomic mass is 16.4. The Morgan fingerprint density at radius 2 is 1.00 bits per heavy atom. The summed E-state index contributed by atoms with van der Waals surface area (Å²) in [5.41, 5.74) is 5.90. The van der Waals surface area contributed by atoms with Gasteiger partial charge in [-0.15, -0.1) is 0 Å². The number of rotatable bonds is 14. The zero-order valence-electron chi connectivity index (χ0n) is 34.4. The largest absolute Gasteiger partial charge is 0.465 e. The van der Waals surface area contributed by atoms with Gasteiger partial charge in [-0.25, -0.2) is 9.59 Å². The first-order chi connectivity index (χ1) is 29.4. The van der Waals surface area contributed by atoms with Gasteiger partial charge < -0.3 is 41.3 Å². The number of hydrogen-bond donors (Lipinski definition) is 6. The Bertz CT molecular complexity index is 2140. The van der Waals surface area contributed by atoms with Crippen LogP contribution in [0.2, 0.25) is 0 Å². The van der Waals surface area contributed by atoms with Gasteiger partial charge in [0.2, 0.25) is 11.8 Å². The molecule has 0 saturated carbocycles. The molecule has 4 aromatic carbocycles. The lowest BCUT2D eigenvalue weighted by Gasteiger charge is -2.33. The first-order valence-electron chi connectivity index (χ1n) is 21.1. The Morgan fingerprint density at radius 1 is 0.607 bits per heavy atom. The summed E-state index contributed by atoms with van der Waals surface area (Å²) in [6, 6.07) is 25.1. The second kappa shape index (κ2) is 18.3. The number of anilines is 2. The van der Waals surface area contributed by atoms with Gasteiger partial charge in [0.05, 0.1) is 0 Å². The molecule has 318 valence electrons. The van der Waals surface area contributed by atoms with Gasteiger partial charge in [0, 0.05) is 29.9 Å².